The van der Waals surface area contributed by atoms with E-state index in [1.807, 2.05) is 6.07 Å². The van der Waals surface area contributed by atoms with Crippen LogP contribution in [0.5, 0.6) is 0 Å². The first-order valence-electron chi connectivity index (χ1n) is 10.9. The molecule has 0 saturated heterocycles. The maximum Gasteiger partial charge on any atom is 0.257 e. The van der Waals surface area contributed by atoms with E-state index in [0.29, 0.717) is 22.6 Å². The molecule has 0 bridgehead atoms. The van der Waals surface area contributed by atoms with Crippen LogP contribution in [0.2, 0.25) is 15.1 Å². The predicted octanol–water partition coefficient (Wildman–Crippen LogP) is 7.14. The van der Waals surface area contributed by atoms with Crippen LogP contribution in [0.25, 0.3) is 16.9 Å². The summed E-state index contributed by atoms with van der Waals surface area (Å²) in [4.78, 5) is 34.0. The van der Waals surface area contributed by atoms with Gasteiger partial charge < -0.3 is 10.6 Å². The Morgan fingerprint density at radius 1 is 0.816 bits per heavy atom. The molecule has 0 atom stereocenters. The number of nitrogens with zero attached hydrogens (tertiary/aromatic N) is 3. The maximum absolute atomic E-state index is 13.7. The van der Waals surface area contributed by atoms with Crippen LogP contribution in [0.3, 0.4) is 0 Å². The molecule has 190 valence electrons. The summed E-state index contributed by atoms with van der Waals surface area (Å²) >= 11 is 17.4. The summed E-state index contributed by atoms with van der Waals surface area (Å²) in [6.45, 7) is 0. The number of aromatic nitrogens is 3. The van der Waals surface area contributed by atoms with Crippen molar-refractivity contribution >= 4 is 63.8 Å². The Bertz CT molecular complexity index is 1720. The SMILES string of the molecule is O=C(Nc1cccc(-c2cnc3c(NC(=O)c4cc(Cl)c(F)c(Cl)c4)nccn23)c1)c1ccc(F)c(Cl)c1. The average molecular weight is 573 g/mol. The molecule has 5 rings (SSSR count). The van der Waals surface area contributed by atoms with Gasteiger partial charge in [-0.1, -0.05) is 46.9 Å². The molecule has 0 aliphatic heterocycles. The Kier molecular flexibility index (Phi) is 6.98. The lowest BCUT2D eigenvalue weighted by atomic mass is 10.1. The van der Waals surface area contributed by atoms with Crippen molar-refractivity contribution in [2.24, 2.45) is 0 Å². The molecule has 0 unspecified atom stereocenters. The highest BCUT2D eigenvalue weighted by Gasteiger charge is 2.17. The normalized spacial score (nSPS) is 11.0. The van der Waals surface area contributed by atoms with E-state index >= 15 is 0 Å². The van der Waals surface area contributed by atoms with Crippen molar-refractivity contribution < 1.29 is 18.4 Å². The van der Waals surface area contributed by atoms with Gasteiger partial charge >= 0.3 is 0 Å². The first-order valence-corrected chi connectivity index (χ1v) is 12.0. The van der Waals surface area contributed by atoms with E-state index in [-0.39, 0.29) is 32.0 Å². The Labute approximate surface area is 229 Å². The number of fused-ring (bicyclic) bond motifs is 1. The topological polar surface area (TPSA) is 88.4 Å². The summed E-state index contributed by atoms with van der Waals surface area (Å²) in [5, 5.41) is 4.67. The van der Waals surface area contributed by atoms with E-state index in [2.05, 4.69) is 20.6 Å². The Morgan fingerprint density at radius 3 is 2.26 bits per heavy atom. The van der Waals surface area contributed by atoms with E-state index in [9.17, 15) is 18.4 Å². The van der Waals surface area contributed by atoms with Crippen LogP contribution in [0, 0.1) is 11.6 Å². The highest BCUT2D eigenvalue weighted by atomic mass is 35.5. The number of carbonyl (C=O) groups excluding carboxylic acids is 2. The van der Waals surface area contributed by atoms with Crippen LogP contribution >= 0.6 is 34.8 Å². The molecule has 2 amide bonds. The molecule has 38 heavy (non-hydrogen) atoms. The van der Waals surface area contributed by atoms with Crippen LogP contribution < -0.4 is 10.6 Å². The Balaban J connectivity index is 1.41. The molecule has 2 heterocycles. The summed E-state index contributed by atoms with van der Waals surface area (Å²) in [5.41, 5.74) is 2.41. The van der Waals surface area contributed by atoms with Gasteiger partial charge in [0.1, 0.15) is 5.82 Å². The summed E-state index contributed by atoms with van der Waals surface area (Å²) in [7, 11) is 0. The number of halogens is 5. The summed E-state index contributed by atoms with van der Waals surface area (Å²) in [6, 6.07) is 13.0. The third-order valence-electron chi connectivity index (χ3n) is 5.50. The van der Waals surface area contributed by atoms with Crippen molar-refractivity contribution in [2.75, 3.05) is 10.6 Å². The number of imidazole rings is 1. The lowest BCUT2D eigenvalue weighted by Crippen LogP contribution is -2.14. The summed E-state index contributed by atoms with van der Waals surface area (Å²) in [5.74, 6) is -2.35. The zero-order valence-corrected chi connectivity index (χ0v) is 21.2. The molecule has 0 aliphatic carbocycles. The first kappa shape index (κ1) is 25.6. The number of amides is 2. The molecule has 0 radical (unpaired) electrons. The van der Waals surface area contributed by atoms with Gasteiger partial charge in [-0.05, 0) is 42.5 Å². The number of carbonyl (C=O) groups is 2. The van der Waals surface area contributed by atoms with Crippen LogP contribution in [0.15, 0.2) is 73.2 Å². The molecular weight excluding hydrogens is 559 g/mol. The van der Waals surface area contributed by atoms with Gasteiger partial charge in [0.05, 0.1) is 27.0 Å². The minimum atomic E-state index is -0.817. The van der Waals surface area contributed by atoms with Crippen molar-refractivity contribution in [1.82, 2.24) is 14.4 Å². The number of hydrogen-bond donors (Lipinski definition) is 2. The monoisotopic (exact) mass is 571 g/mol. The number of benzene rings is 3. The molecular formula is C26H14Cl3F2N5O2. The van der Waals surface area contributed by atoms with Gasteiger partial charge in [-0.25, -0.2) is 18.7 Å². The zero-order valence-electron chi connectivity index (χ0n) is 19.0. The Hall–Kier alpha value is -4.05. The van der Waals surface area contributed by atoms with Gasteiger partial charge in [-0.2, -0.15) is 0 Å². The van der Waals surface area contributed by atoms with Crippen molar-refractivity contribution in [3.63, 3.8) is 0 Å². The average Bonchev–Trinajstić information content (AvgIpc) is 3.34. The third kappa shape index (κ3) is 5.04. The summed E-state index contributed by atoms with van der Waals surface area (Å²) < 4.78 is 28.9. The first-order chi connectivity index (χ1) is 18.2. The van der Waals surface area contributed by atoms with Crippen LogP contribution in [0.1, 0.15) is 20.7 Å². The second-order valence-electron chi connectivity index (χ2n) is 7.98. The molecule has 2 N–H and O–H groups in total. The van der Waals surface area contributed by atoms with Crippen molar-refractivity contribution in [3.05, 3.63) is 111 Å². The fourth-order valence-corrected chi connectivity index (χ4v) is 4.35. The Morgan fingerprint density at radius 2 is 1.53 bits per heavy atom. The van der Waals surface area contributed by atoms with E-state index in [0.717, 1.165) is 18.2 Å². The molecule has 0 aliphatic rings. The molecule has 0 saturated carbocycles. The molecule has 0 spiro atoms. The van der Waals surface area contributed by atoms with Gasteiger partial charge in [0.15, 0.2) is 17.3 Å². The number of anilines is 2. The van der Waals surface area contributed by atoms with E-state index in [1.165, 1.54) is 18.3 Å². The number of rotatable bonds is 5. The van der Waals surface area contributed by atoms with Gasteiger partial charge in [-0.15, -0.1) is 0 Å². The molecule has 2 aromatic heterocycles. The van der Waals surface area contributed by atoms with Gasteiger partial charge in [0, 0.05) is 34.8 Å². The second kappa shape index (κ2) is 10.4. The number of hydrogen-bond acceptors (Lipinski definition) is 4. The van der Waals surface area contributed by atoms with Crippen molar-refractivity contribution in [3.8, 4) is 11.3 Å². The number of nitrogens with one attached hydrogen (secondary N) is 2. The lowest BCUT2D eigenvalue weighted by molar-refractivity contribution is 0.101. The van der Waals surface area contributed by atoms with Crippen LogP contribution in [-0.2, 0) is 0 Å². The maximum atomic E-state index is 13.7. The van der Waals surface area contributed by atoms with E-state index in [4.69, 9.17) is 34.8 Å². The van der Waals surface area contributed by atoms with Gasteiger partial charge in [-0.3, -0.25) is 14.0 Å². The lowest BCUT2D eigenvalue weighted by Gasteiger charge is -2.09. The molecule has 7 nitrogen and oxygen atoms in total. The zero-order chi connectivity index (χ0) is 27.0. The minimum absolute atomic E-state index is 0.0443. The highest BCUT2D eigenvalue weighted by molar-refractivity contribution is 6.35. The fraction of sp³-hybridized carbons (Fsp3) is 0. The van der Waals surface area contributed by atoms with Gasteiger partial charge in [0.2, 0.25) is 0 Å². The smallest absolute Gasteiger partial charge is 0.257 e. The third-order valence-corrected chi connectivity index (χ3v) is 6.34. The van der Waals surface area contributed by atoms with Gasteiger partial charge in [0.25, 0.3) is 11.8 Å². The molecule has 5 aromatic rings. The van der Waals surface area contributed by atoms with Crippen LogP contribution in [-0.4, -0.2) is 26.2 Å². The fourth-order valence-electron chi connectivity index (χ4n) is 3.68. The highest BCUT2D eigenvalue weighted by Crippen LogP contribution is 2.28. The quantitative estimate of drug-likeness (QED) is 0.219. The minimum Gasteiger partial charge on any atom is -0.322 e. The van der Waals surface area contributed by atoms with E-state index < -0.39 is 23.4 Å². The standard InChI is InChI=1S/C26H14Cl3F2N5O2/c27-17-9-14(4-5-20(17)30)25(37)34-16-3-1-2-13(8-16)21-12-33-24-23(32-6-7-36(21)24)35-26(38)15-10-18(28)22(31)19(29)11-15/h1-12H,(H,34,37)(H,32,35,38). The molecule has 0 fully saturated rings. The second-order valence-corrected chi connectivity index (χ2v) is 9.21. The molecule has 12 heteroatoms. The summed E-state index contributed by atoms with van der Waals surface area (Å²) in [6.07, 6.45) is 4.71. The van der Waals surface area contributed by atoms with Crippen molar-refractivity contribution in [2.45, 2.75) is 0 Å². The van der Waals surface area contributed by atoms with Crippen LogP contribution in [0.4, 0.5) is 20.3 Å². The van der Waals surface area contributed by atoms with E-state index in [1.54, 1.807) is 35.0 Å². The molecule has 3 aromatic carbocycles. The van der Waals surface area contributed by atoms with Crippen molar-refractivity contribution in [1.29, 1.82) is 0 Å². The predicted molar refractivity (Wildman–Crippen MR) is 142 cm³/mol. The largest absolute Gasteiger partial charge is 0.322 e.